The summed E-state index contributed by atoms with van der Waals surface area (Å²) in [5.74, 6) is 0. The zero-order valence-corrected chi connectivity index (χ0v) is 21.5. The van der Waals surface area contributed by atoms with Crippen LogP contribution in [0.15, 0.2) is 140 Å². The molecule has 2 aliphatic carbocycles. The number of aromatic nitrogens is 1. The fourth-order valence-corrected chi connectivity index (χ4v) is 6.49. The lowest BCUT2D eigenvalue weighted by atomic mass is 9.90. The van der Waals surface area contributed by atoms with Crippen molar-refractivity contribution in [2.45, 2.75) is 12.5 Å². The van der Waals surface area contributed by atoms with Crippen LogP contribution in [0, 0.1) is 0 Å². The number of hydrogen-bond donors (Lipinski definition) is 0. The van der Waals surface area contributed by atoms with Gasteiger partial charge in [0.25, 0.3) is 0 Å². The Morgan fingerprint density at radius 3 is 2.08 bits per heavy atom. The van der Waals surface area contributed by atoms with Gasteiger partial charge in [0.1, 0.15) is 0 Å². The molecule has 184 valence electrons. The summed E-state index contributed by atoms with van der Waals surface area (Å²) in [7, 11) is 0. The van der Waals surface area contributed by atoms with E-state index in [1.807, 2.05) is 12.4 Å². The van der Waals surface area contributed by atoms with Gasteiger partial charge in [-0.15, -0.1) is 0 Å². The van der Waals surface area contributed by atoms with Crippen molar-refractivity contribution in [2.24, 2.45) is 0 Å². The molecule has 0 bridgehead atoms. The zero-order valence-electron chi connectivity index (χ0n) is 21.5. The van der Waals surface area contributed by atoms with Crippen molar-refractivity contribution in [3.8, 4) is 22.3 Å². The lowest BCUT2D eigenvalue weighted by Gasteiger charge is -2.34. The fraction of sp³-hybridized carbons (Fsp3) is 0.0541. The number of allylic oxidation sites excluding steroid dienone is 2. The van der Waals surface area contributed by atoms with Gasteiger partial charge in [-0.3, -0.25) is 4.98 Å². The van der Waals surface area contributed by atoms with Crippen LogP contribution in [0.1, 0.15) is 12.0 Å². The quantitative estimate of drug-likeness (QED) is 0.240. The highest BCUT2D eigenvalue weighted by atomic mass is 15.2. The third-order valence-electron chi connectivity index (χ3n) is 8.23. The summed E-state index contributed by atoms with van der Waals surface area (Å²) in [5, 5.41) is 5.21. The molecule has 0 saturated heterocycles. The first kappa shape index (κ1) is 22.1. The first-order valence-corrected chi connectivity index (χ1v) is 13.6. The van der Waals surface area contributed by atoms with Gasteiger partial charge in [-0.05, 0) is 74.2 Å². The van der Waals surface area contributed by atoms with Crippen molar-refractivity contribution >= 4 is 38.5 Å². The summed E-state index contributed by atoms with van der Waals surface area (Å²) in [4.78, 5) is 6.74. The molecule has 1 heterocycles. The highest BCUT2D eigenvalue weighted by Gasteiger charge is 2.25. The second-order valence-corrected chi connectivity index (χ2v) is 10.3. The van der Waals surface area contributed by atoms with E-state index in [1.54, 1.807) is 0 Å². The molecule has 1 aromatic heterocycles. The first-order chi connectivity index (χ1) is 19.4. The third kappa shape index (κ3) is 3.45. The number of rotatable bonds is 4. The Morgan fingerprint density at radius 1 is 0.590 bits per heavy atom. The van der Waals surface area contributed by atoms with Gasteiger partial charge in [-0.2, -0.15) is 0 Å². The van der Waals surface area contributed by atoms with Crippen LogP contribution in [-0.2, 0) is 0 Å². The van der Waals surface area contributed by atoms with Crippen LogP contribution < -0.4 is 4.90 Å². The second kappa shape index (κ2) is 8.82. The molecule has 0 spiro atoms. The van der Waals surface area contributed by atoms with E-state index in [-0.39, 0.29) is 6.04 Å². The van der Waals surface area contributed by atoms with Crippen molar-refractivity contribution in [3.63, 3.8) is 0 Å². The molecule has 2 nitrogen and oxygen atoms in total. The summed E-state index contributed by atoms with van der Waals surface area (Å²) in [6.07, 6.45) is 11.8. The van der Waals surface area contributed by atoms with Crippen LogP contribution in [0.25, 0.3) is 49.4 Å². The Morgan fingerprint density at radius 2 is 1.26 bits per heavy atom. The molecule has 8 rings (SSSR count). The molecular formula is C37H26N2. The molecule has 1 atom stereocenters. The zero-order chi connectivity index (χ0) is 25.8. The minimum absolute atomic E-state index is 0.197. The molecular weight excluding hydrogens is 472 g/mol. The maximum Gasteiger partial charge on any atom is 0.0560 e. The molecule has 0 N–H and O–H groups in total. The SMILES string of the molecule is C1=CC(N(c2ccncc2)c2cccc3ccccc23)CC=C1c1ccc2c3c(cccc13)-c1ccccc1-2. The van der Waals surface area contributed by atoms with Gasteiger partial charge in [0.2, 0.25) is 0 Å². The normalized spacial score (nSPS) is 15.4. The van der Waals surface area contributed by atoms with Crippen LogP contribution in [0.2, 0.25) is 0 Å². The lowest BCUT2D eigenvalue weighted by Crippen LogP contribution is -2.30. The topological polar surface area (TPSA) is 16.1 Å². The standard InChI is InChI=1S/C37H26N2/c1-2-9-30-25(7-1)8-5-14-36(30)39(28-21-23-38-24-22-28)27-17-15-26(16-18-27)29-19-20-35-32-11-4-3-10-31(32)34-13-6-12-33(29)37(34)35/h1-17,19-24,27H,18H2. The van der Waals surface area contributed by atoms with Crippen molar-refractivity contribution < 1.29 is 0 Å². The summed E-state index contributed by atoms with van der Waals surface area (Å²) >= 11 is 0. The Hall–Kier alpha value is -4.95. The van der Waals surface area contributed by atoms with Crippen molar-refractivity contribution in [3.05, 3.63) is 145 Å². The number of hydrogen-bond acceptors (Lipinski definition) is 2. The number of pyridine rings is 1. The molecule has 0 radical (unpaired) electrons. The average Bonchev–Trinajstić information content (AvgIpc) is 3.34. The highest BCUT2D eigenvalue weighted by Crippen LogP contribution is 2.49. The van der Waals surface area contributed by atoms with Crippen LogP contribution in [0.3, 0.4) is 0 Å². The summed E-state index contributed by atoms with van der Waals surface area (Å²) in [5.41, 5.74) is 10.3. The maximum absolute atomic E-state index is 4.29. The summed E-state index contributed by atoms with van der Waals surface area (Å²) in [6.45, 7) is 0. The van der Waals surface area contributed by atoms with E-state index in [1.165, 1.54) is 60.6 Å². The second-order valence-electron chi connectivity index (χ2n) is 10.3. The van der Waals surface area contributed by atoms with Gasteiger partial charge in [-0.1, -0.05) is 109 Å². The third-order valence-corrected chi connectivity index (χ3v) is 8.23. The Balaban J connectivity index is 1.20. The van der Waals surface area contributed by atoms with Crippen molar-refractivity contribution in [1.29, 1.82) is 0 Å². The van der Waals surface area contributed by atoms with E-state index >= 15 is 0 Å². The van der Waals surface area contributed by atoms with E-state index in [4.69, 9.17) is 0 Å². The van der Waals surface area contributed by atoms with Gasteiger partial charge in [0, 0.05) is 29.2 Å². The average molecular weight is 499 g/mol. The highest BCUT2D eigenvalue weighted by molar-refractivity contribution is 6.17. The molecule has 39 heavy (non-hydrogen) atoms. The van der Waals surface area contributed by atoms with E-state index in [0.29, 0.717) is 0 Å². The molecule has 1 unspecified atom stereocenters. The Kier molecular flexibility index (Phi) is 4.99. The first-order valence-electron chi connectivity index (χ1n) is 13.6. The van der Waals surface area contributed by atoms with Gasteiger partial charge < -0.3 is 4.90 Å². The largest absolute Gasteiger partial charge is 0.334 e. The number of anilines is 2. The summed E-state index contributed by atoms with van der Waals surface area (Å²) < 4.78 is 0. The van der Waals surface area contributed by atoms with Crippen LogP contribution >= 0.6 is 0 Å². The van der Waals surface area contributed by atoms with Gasteiger partial charge in [0.05, 0.1) is 6.04 Å². The smallest absolute Gasteiger partial charge is 0.0560 e. The molecule has 0 amide bonds. The molecule has 5 aromatic carbocycles. The minimum Gasteiger partial charge on any atom is -0.334 e. The molecule has 6 aromatic rings. The predicted octanol–water partition coefficient (Wildman–Crippen LogP) is 9.59. The molecule has 2 aliphatic rings. The summed E-state index contributed by atoms with van der Waals surface area (Å²) in [6, 6.07) is 39.8. The molecule has 0 aliphatic heterocycles. The number of benzene rings is 5. The molecule has 0 fully saturated rings. The van der Waals surface area contributed by atoms with E-state index in [9.17, 15) is 0 Å². The van der Waals surface area contributed by atoms with Crippen LogP contribution in [-0.4, -0.2) is 11.0 Å². The van der Waals surface area contributed by atoms with E-state index in [0.717, 1.165) is 12.1 Å². The number of fused-ring (bicyclic) bond motifs is 4. The van der Waals surface area contributed by atoms with Crippen molar-refractivity contribution in [1.82, 2.24) is 4.98 Å². The van der Waals surface area contributed by atoms with E-state index < -0.39 is 0 Å². The van der Waals surface area contributed by atoms with Gasteiger partial charge >= 0.3 is 0 Å². The Labute approximate surface area is 228 Å². The molecule has 0 saturated carbocycles. The van der Waals surface area contributed by atoms with Crippen LogP contribution in [0.4, 0.5) is 11.4 Å². The monoisotopic (exact) mass is 498 g/mol. The maximum atomic E-state index is 4.29. The predicted molar refractivity (Wildman–Crippen MR) is 164 cm³/mol. The van der Waals surface area contributed by atoms with Gasteiger partial charge in [-0.25, -0.2) is 0 Å². The lowest BCUT2D eigenvalue weighted by molar-refractivity contribution is 0.789. The van der Waals surface area contributed by atoms with E-state index in [2.05, 4.69) is 137 Å². The van der Waals surface area contributed by atoms with Crippen molar-refractivity contribution in [2.75, 3.05) is 4.90 Å². The van der Waals surface area contributed by atoms with Crippen LogP contribution in [0.5, 0.6) is 0 Å². The fourth-order valence-electron chi connectivity index (χ4n) is 6.49. The molecule has 2 heteroatoms. The van der Waals surface area contributed by atoms with Gasteiger partial charge in [0.15, 0.2) is 0 Å². The number of nitrogens with zero attached hydrogens (tertiary/aromatic N) is 2. The Bertz CT molecular complexity index is 1910. The minimum atomic E-state index is 0.197.